The van der Waals surface area contributed by atoms with Crippen molar-refractivity contribution < 1.29 is 4.74 Å². The Morgan fingerprint density at radius 1 is 1.27 bits per heavy atom. The van der Waals surface area contributed by atoms with Crippen LogP contribution in [0, 0.1) is 5.92 Å². The zero-order chi connectivity index (χ0) is 18.1. The number of benzene rings is 1. The molecule has 0 spiro atoms. The van der Waals surface area contributed by atoms with Crippen LogP contribution in [0.4, 0.5) is 0 Å². The van der Waals surface area contributed by atoms with Gasteiger partial charge in [0, 0.05) is 19.0 Å². The summed E-state index contributed by atoms with van der Waals surface area (Å²) in [6, 6.07) is 8.31. The summed E-state index contributed by atoms with van der Waals surface area (Å²) in [6.07, 6.45) is 2.51. The maximum atomic E-state index is 6.14. The molecule has 0 bridgehead atoms. The van der Waals surface area contributed by atoms with Gasteiger partial charge >= 0.3 is 0 Å². The van der Waals surface area contributed by atoms with Crippen molar-refractivity contribution in [2.75, 3.05) is 20.2 Å². The van der Waals surface area contributed by atoms with E-state index in [4.69, 9.17) is 16.3 Å². The van der Waals surface area contributed by atoms with E-state index in [-0.39, 0.29) is 0 Å². The van der Waals surface area contributed by atoms with Crippen LogP contribution < -0.4 is 4.74 Å². The maximum Gasteiger partial charge on any atom is 0.182 e. The number of ether oxygens (including phenoxy) is 1. The maximum absolute atomic E-state index is 6.14. The molecule has 0 radical (unpaired) electrons. The van der Waals surface area contributed by atoms with Gasteiger partial charge in [-0.05, 0) is 36.6 Å². The van der Waals surface area contributed by atoms with Gasteiger partial charge in [0.25, 0.3) is 0 Å². The number of aromatic amines is 1. The minimum absolute atomic E-state index is 0.382. The minimum Gasteiger partial charge on any atom is -0.497 e. The summed E-state index contributed by atoms with van der Waals surface area (Å²) in [5.74, 6) is 2.74. The van der Waals surface area contributed by atoms with E-state index in [1.54, 1.807) is 7.11 Å². The first-order valence-electron chi connectivity index (χ1n) is 8.85. The Balaban J connectivity index is 1.44. The van der Waals surface area contributed by atoms with Gasteiger partial charge in [-0.1, -0.05) is 30.7 Å². The van der Waals surface area contributed by atoms with Gasteiger partial charge in [-0.25, -0.2) is 15.0 Å². The van der Waals surface area contributed by atoms with Crippen molar-refractivity contribution in [1.82, 2.24) is 24.8 Å². The summed E-state index contributed by atoms with van der Waals surface area (Å²) in [4.78, 5) is 18.7. The van der Waals surface area contributed by atoms with E-state index in [0.29, 0.717) is 22.6 Å². The smallest absolute Gasteiger partial charge is 0.182 e. The molecular formula is C19H22ClN5O. The number of rotatable bonds is 4. The molecule has 0 saturated carbocycles. The number of piperidine rings is 1. The van der Waals surface area contributed by atoms with Gasteiger partial charge in [0.05, 0.1) is 7.11 Å². The van der Waals surface area contributed by atoms with Gasteiger partial charge in [0.1, 0.15) is 23.4 Å². The van der Waals surface area contributed by atoms with Gasteiger partial charge < -0.3 is 9.72 Å². The van der Waals surface area contributed by atoms with Crippen molar-refractivity contribution in [3.8, 4) is 5.75 Å². The summed E-state index contributed by atoms with van der Waals surface area (Å²) in [5.41, 5.74) is 2.69. The van der Waals surface area contributed by atoms with Crippen LogP contribution in [0.2, 0.25) is 5.15 Å². The molecule has 1 aliphatic heterocycles. The van der Waals surface area contributed by atoms with E-state index < -0.39 is 0 Å². The Morgan fingerprint density at radius 2 is 2.08 bits per heavy atom. The predicted octanol–water partition coefficient (Wildman–Crippen LogP) is 3.64. The molecule has 136 valence electrons. The fraction of sp³-hybridized carbons (Fsp3) is 0.421. The predicted molar refractivity (Wildman–Crippen MR) is 101 cm³/mol. The first kappa shape index (κ1) is 17.2. The Kier molecular flexibility index (Phi) is 4.78. The Bertz CT molecular complexity index is 895. The van der Waals surface area contributed by atoms with Crippen LogP contribution in [-0.4, -0.2) is 45.0 Å². The largest absolute Gasteiger partial charge is 0.497 e. The van der Waals surface area contributed by atoms with Gasteiger partial charge in [0.15, 0.2) is 10.8 Å². The van der Waals surface area contributed by atoms with Gasteiger partial charge in [-0.2, -0.15) is 0 Å². The zero-order valence-electron chi connectivity index (χ0n) is 14.9. The van der Waals surface area contributed by atoms with Crippen LogP contribution >= 0.6 is 11.6 Å². The number of nitrogens with one attached hydrogen (secondary N) is 1. The van der Waals surface area contributed by atoms with E-state index in [1.165, 1.54) is 11.9 Å². The fourth-order valence-corrected chi connectivity index (χ4v) is 3.94. The molecule has 0 amide bonds. The van der Waals surface area contributed by atoms with Crippen molar-refractivity contribution in [3.05, 3.63) is 47.1 Å². The van der Waals surface area contributed by atoms with Crippen LogP contribution in [0.3, 0.4) is 0 Å². The van der Waals surface area contributed by atoms with Crippen molar-refractivity contribution in [3.63, 3.8) is 0 Å². The van der Waals surface area contributed by atoms with Crippen molar-refractivity contribution >= 4 is 22.8 Å². The lowest BCUT2D eigenvalue weighted by molar-refractivity contribution is 0.153. The third-order valence-electron chi connectivity index (χ3n) is 5.17. The number of likely N-dealkylation sites (tertiary alicyclic amines) is 1. The highest BCUT2D eigenvalue weighted by Crippen LogP contribution is 2.33. The molecule has 3 aromatic rings. The molecule has 0 aliphatic carbocycles. The molecular weight excluding hydrogens is 350 g/mol. The summed E-state index contributed by atoms with van der Waals surface area (Å²) in [7, 11) is 1.69. The van der Waals surface area contributed by atoms with Crippen molar-refractivity contribution in [1.29, 1.82) is 0 Å². The molecule has 2 atom stereocenters. The standard InChI is InChI=1S/C19H22ClN5O/c1-12-9-25(10-13-3-5-14(26-2)6-4-13)8-7-15(12)18-23-16-17(20)21-11-22-19(16)24-18/h3-6,11-12,15H,7-10H2,1-2H3,(H,21,22,23,24)/t12-,15-/m0/s1. The second-order valence-corrected chi connectivity index (χ2v) is 7.30. The van der Waals surface area contributed by atoms with Gasteiger partial charge in [0.2, 0.25) is 0 Å². The number of methoxy groups -OCH3 is 1. The molecule has 6 nitrogen and oxygen atoms in total. The van der Waals surface area contributed by atoms with Crippen LogP contribution in [0.25, 0.3) is 11.2 Å². The number of hydrogen-bond donors (Lipinski definition) is 1. The Morgan fingerprint density at radius 3 is 2.77 bits per heavy atom. The molecule has 1 aromatic carbocycles. The Hall–Kier alpha value is -2.18. The zero-order valence-corrected chi connectivity index (χ0v) is 15.7. The number of halogens is 1. The topological polar surface area (TPSA) is 66.9 Å². The van der Waals surface area contributed by atoms with E-state index >= 15 is 0 Å². The third kappa shape index (κ3) is 3.39. The third-order valence-corrected chi connectivity index (χ3v) is 5.45. The van der Waals surface area contributed by atoms with E-state index in [1.807, 2.05) is 12.1 Å². The van der Waals surface area contributed by atoms with Crippen LogP contribution in [0.5, 0.6) is 5.75 Å². The molecule has 3 heterocycles. The summed E-state index contributed by atoms with van der Waals surface area (Å²) in [5, 5.41) is 0.429. The average molecular weight is 372 g/mol. The number of H-pyrrole nitrogens is 1. The highest BCUT2D eigenvalue weighted by Gasteiger charge is 2.29. The Labute approximate surface area is 157 Å². The monoisotopic (exact) mass is 371 g/mol. The van der Waals surface area contributed by atoms with E-state index in [9.17, 15) is 0 Å². The highest BCUT2D eigenvalue weighted by molar-refractivity contribution is 6.33. The molecule has 7 heteroatoms. The van der Waals surface area contributed by atoms with Gasteiger partial charge in [-0.15, -0.1) is 0 Å². The SMILES string of the molecule is COc1ccc(CN2CC[C@H](c3nc4ncnc(Cl)c4[nH]3)[C@@H](C)C2)cc1. The second kappa shape index (κ2) is 7.21. The van der Waals surface area contributed by atoms with Crippen molar-refractivity contribution in [2.24, 2.45) is 5.92 Å². The number of imidazole rings is 1. The molecule has 1 saturated heterocycles. The van der Waals surface area contributed by atoms with Crippen molar-refractivity contribution in [2.45, 2.75) is 25.8 Å². The number of aromatic nitrogens is 4. The molecule has 26 heavy (non-hydrogen) atoms. The van der Waals surface area contributed by atoms with E-state index in [0.717, 1.165) is 43.1 Å². The summed E-state index contributed by atoms with van der Waals surface area (Å²) < 4.78 is 5.23. The second-order valence-electron chi connectivity index (χ2n) is 6.94. The first-order valence-corrected chi connectivity index (χ1v) is 9.23. The minimum atomic E-state index is 0.382. The normalized spacial score (nSPS) is 21.2. The molecule has 1 N–H and O–H groups in total. The van der Waals surface area contributed by atoms with E-state index in [2.05, 4.69) is 43.9 Å². The highest BCUT2D eigenvalue weighted by atomic mass is 35.5. The molecule has 1 fully saturated rings. The van der Waals surface area contributed by atoms with Crippen LogP contribution in [0.1, 0.15) is 30.7 Å². The molecule has 4 rings (SSSR count). The molecule has 0 unspecified atom stereocenters. The lowest BCUT2D eigenvalue weighted by atomic mass is 9.86. The quantitative estimate of drug-likeness (QED) is 0.709. The lowest BCUT2D eigenvalue weighted by Crippen LogP contribution is -2.38. The summed E-state index contributed by atoms with van der Waals surface area (Å²) in [6.45, 7) is 5.31. The molecule has 1 aliphatic rings. The lowest BCUT2D eigenvalue weighted by Gasteiger charge is -2.36. The fourth-order valence-electron chi connectivity index (χ4n) is 3.76. The van der Waals surface area contributed by atoms with Crippen LogP contribution in [-0.2, 0) is 6.54 Å². The molecule has 2 aromatic heterocycles. The number of hydrogen-bond acceptors (Lipinski definition) is 5. The van der Waals surface area contributed by atoms with Crippen LogP contribution in [0.15, 0.2) is 30.6 Å². The number of nitrogens with zero attached hydrogens (tertiary/aromatic N) is 4. The first-order chi connectivity index (χ1) is 12.6. The average Bonchev–Trinajstić information content (AvgIpc) is 3.08. The van der Waals surface area contributed by atoms with Gasteiger partial charge in [-0.3, -0.25) is 4.90 Å². The number of fused-ring (bicyclic) bond motifs is 1. The summed E-state index contributed by atoms with van der Waals surface area (Å²) >= 11 is 6.14.